The molecular formula is C10H18O2S. The fourth-order valence-corrected chi connectivity index (χ4v) is 1.29. The van der Waals surface area contributed by atoms with Gasteiger partial charge < -0.3 is 5.11 Å². The van der Waals surface area contributed by atoms with E-state index in [1.54, 1.807) is 0 Å². The van der Waals surface area contributed by atoms with Crippen LogP contribution in [0.2, 0.25) is 0 Å². The maximum Gasteiger partial charge on any atom is 0.304 e. The van der Waals surface area contributed by atoms with Gasteiger partial charge in [-0.25, -0.2) is 0 Å². The second kappa shape index (κ2) is 8.17. The Morgan fingerprint density at radius 2 is 2.23 bits per heavy atom. The number of carboxylic acid groups (broad SMARTS) is 1. The van der Waals surface area contributed by atoms with Crippen LogP contribution in [0.3, 0.4) is 0 Å². The fourth-order valence-electron chi connectivity index (χ4n) is 1.01. The molecule has 13 heavy (non-hydrogen) atoms. The molecule has 0 saturated carbocycles. The van der Waals surface area contributed by atoms with Crippen molar-refractivity contribution in [3.63, 3.8) is 0 Å². The second-order valence-electron chi connectivity index (χ2n) is 3.09. The van der Waals surface area contributed by atoms with Crippen LogP contribution < -0.4 is 0 Å². The van der Waals surface area contributed by atoms with Gasteiger partial charge >= 0.3 is 5.97 Å². The van der Waals surface area contributed by atoms with Gasteiger partial charge in [-0.2, -0.15) is 12.6 Å². The zero-order valence-electron chi connectivity index (χ0n) is 8.07. The number of hydrogen-bond donors (Lipinski definition) is 2. The Hall–Kier alpha value is -0.440. The van der Waals surface area contributed by atoms with Crippen LogP contribution in [-0.2, 0) is 4.79 Å². The van der Waals surface area contributed by atoms with E-state index in [0.717, 1.165) is 6.42 Å². The molecule has 0 fully saturated rings. The number of aliphatic carboxylic acids is 1. The molecule has 0 amide bonds. The lowest BCUT2D eigenvalue weighted by Crippen LogP contribution is -2.03. The maximum absolute atomic E-state index is 10.3. The molecule has 2 nitrogen and oxygen atoms in total. The van der Waals surface area contributed by atoms with Gasteiger partial charge in [-0.1, -0.05) is 31.9 Å². The molecule has 0 rings (SSSR count). The molecule has 0 aromatic rings. The van der Waals surface area contributed by atoms with Gasteiger partial charge in [0.2, 0.25) is 0 Å². The van der Waals surface area contributed by atoms with Crippen LogP contribution in [0.1, 0.15) is 39.0 Å². The first kappa shape index (κ1) is 12.6. The molecule has 0 saturated heterocycles. The van der Waals surface area contributed by atoms with Crippen LogP contribution in [0, 0.1) is 0 Å². The Morgan fingerprint density at radius 3 is 2.77 bits per heavy atom. The van der Waals surface area contributed by atoms with Crippen LogP contribution in [0.25, 0.3) is 0 Å². The van der Waals surface area contributed by atoms with E-state index in [0.29, 0.717) is 0 Å². The number of rotatable bonds is 7. The summed E-state index contributed by atoms with van der Waals surface area (Å²) < 4.78 is 0. The topological polar surface area (TPSA) is 37.3 Å². The number of carbonyl (C=O) groups is 1. The number of unbranched alkanes of at least 4 members (excludes halogenated alkanes) is 3. The molecule has 0 radical (unpaired) electrons. The van der Waals surface area contributed by atoms with Gasteiger partial charge in [-0.3, -0.25) is 4.79 Å². The Balaban J connectivity index is 3.41. The van der Waals surface area contributed by atoms with E-state index < -0.39 is 5.97 Å². The first-order valence-electron chi connectivity index (χ1n) is 4.73. The van der Waals surface area contributed by atoms with Crippen LogP contribution in [-0.4, -0.2) is 16.3 Å². The summed E-state index contributed by atoms with van der Waals surface area (Å²) in [5, 5.41) is 8.30. The van der Waals surface area contributed by atoms with E-state index in [2.05, 4.69) is 19.6 Å². The zero-order chi connectivity index (χ0) is 10.1. The summed E-state index contributed by atoms with van der Waals surface area (Å²) >= 11 is 4.13. The normalized spacial score (nSPS) is 13.4. The lowest BCUT2D eigenvalue weighted by atomic mass is 10.2. The molecule has 0 bridgehead atoms. The largest absolute Gasteiger partial charge is 0.481 e. The first-order valence-corrected chi connectivity index (χ1v) is 5.25. The summed E-state index contributed by atoms with van der Waals surface area (Å²) in [5.74, 6) is -0.793. The molecule has 3 heteroatoms. The molecule has 0 spiro atoms. The van der Waals surface area contributed by atoms with Crippen LogP contribution in [0.15, 0.2) is 12.2 Å². The van der Waals surface area contributed by atoms with E-state index in [4.69, 9.17) is 5.11 Å². The average molecular weight is 202 g/mol. The van der Waals surface area contributed by atoms with Gasteiger partial charge in [0.15, 0.2) is 0 Å². The van der Waals surface area contributed by atoms with Crippen molar-refractivity contribution in [1.82, 2.24) is 0 Å². The lowest BCUT2D eigenvalue weighted by molar-refractivity contribution is -0.136. The molecule has 1 atom stereocenters. The van der Waals surface area contributed by atoms with E-state index >= 15 is 0 Å². The summed E-state index contributed by atoms with van der Waals surface area (Å²) in [6, 6.07) is 0. The fraction of sp³-hybridized carbons (Fsp3) is 0.700. The summed E-state index contributed by atoms with van der Waals surface area (Å²) in [4.78, 5) is 10.3. The van der Waals surface area contributed by atoms with Gasteiger partial charge in [0.05, 0.1) is 6.42 Å². The maximum atomic E-state index is 10.3. The van der Waals surface area contributed by atoms with E-state index in [-0.39, 0.29) is 11.7 Å². The molecule has 1 unspecified atom stereocenters. The quantitative estimate of drug-likeness (QED) is 0.378. The van der Waals surface area contributed by atoms with Gasteiger partial charge in [0.1, 0.15) is 0 Å². The minimum Gasteiger partial charge on any atom is -0.481 e. The van der Waals surface area contributed by atoms with Gasteiger partial charge in [-0.15, -0.1) is 0 Å². The highest BCUT2D eigenvalue weighted by Gasteiger charge is 2.03. The smallest absolute Gasteiger partial charge is 0.304 e. The van der Waals surface area contributed by atoms with Gasteiger partial charge in [0.25, 0.3) is 0 Å². The van der Waals surface area contributed by atoms with Crippen molar-refractivity contribution < 1.29 is 9.90 Å². The molecule has 1 N–H and O–H groups in total. The van der Waals surface area contributed by atoms with Crippen molar-refractivity contribution in [2.24, 2.45) is 0 Å². The summed E-state index contributed by atoms with van der Waals surface area (Å²) in [5.41, 5.74) is 0. The molecule has 0 heterocycles. The number of thiol groups is 1. The Kier molecular flexibility index (Phi) is 7.90. The lowest BCUT2D eigenvalue weighted by Gasteiger charge is -1.99. The SMILES string of the molecule is CCCCC/C=C/C(S)CC(=O)O. The number of allylic oxidation sites excluding steroid dienone is 1. The number of carboxylic acids is 1. The number of hydrogen-bond acceptors (Lipinski definition) is 2. The monoisotopic (exact) mass is 202 g/mol. The molecule has 0 aromatic carbocycles. The minimum absolute atomic E-state index is 0.105. The molecule has 76 valence electrons. The van der Waals surface area contributed by atoms with Gasteiger partial charge in [-0.05, 0) is 12.8 Å². The third-order valence-corrected chi connectivity index (χ3v) is 2.07. The Morgan fingerprint density at radius 1 is 1.54 bits per heavy atom. The van der Waals surface area contributed by atoms with Crippen LogP contribution in [0.5, 0.6) is 0 Å². The van der Waals surface area contributed by atoms with Crippen LogP contribution >= 0.6 is 12.6 Å². The molecule has 0 aliphatic carbocycles. The zero-order valence-corrected chi connectivity index (χ0v) is 8.96. The first-order chi connectivity index (χ1) is 6.16. The second-order valence-corrected chi connectivity index (χ2v) is 3.75. The van der Waals surface area contributed by atoms with Gasteiger partial charge in [0, 0.05) is 5.25 Å². The van der Waals surface area contributed by atoms with Crippen molar-refractivity contribution in [2.75, 3.05) is 0 Å². The molecular weight excluding hydrogens is 184 g/mol. The van der Waals surface area contributed by atoms with E-state index in [1.165, 1.54) is 19.3 Å². The summed E-state index contributed by atoms with van der Waals surface area (Å²) in [6.07, 6.45) is 8.66. The average Bonchev–Trinajstić information content (AvgIpc) is 2.02. The van der Waals surface area contributed by atoms with Crippen molar-refractivity contribution in [2.45, 2.75) is 44.3 Å². The van der Waals surface area contributed by atoms with Crippen LogP contribution in [0.4, 0.5) is 0 Å². The third kappa shape index (κ3) is 9.47. The van der Waals surface area contributed by atoms with Crippen molar-refractivity contribution in [1.29, 1.82) is 0 Å². The summed E-state index contributed by atoms with van der Waals surface area (Å²) in [6.45, 7) is 2.16. The minimum atomic E-state index is -0.793. The predicted molar refractivity (Wildman–Crippen MR) is 58.3 cm³/mol. The third-order valence-electron chi connectivity index (χ3n) is 1.72. The van der Waals surface area contributed by atoms with Crippen molar-refractivity contribution in [3.05, 3.63) is 12.2 Å². The highest BCUT2D eigenvalue weighted by atomic mass is 32.1. The molecule has 0 aliphatic heterocycles. The molecule has 0 aromatic heterocycles. The van der Waals surface area contributed by atoms with E-state index in [9.17, 15) is 4.79 Å². The van der Waals surface area contributed by atoms with Crippen molar-refractivity contribution >= 4 is 18.6 Å². The Bertz CT molecular complexity index is 166. The highest BCUT2D eigenvalue weighted by molar-refractivity contribution is 7.81. The predicted octanol–water partition coefficient (Wildman–Crippen LogP) is 2.90. The summed E-state index contributed by atoms with van der Waals surface area (Å²) in [7, 11) is 0. The highest BCUT2D eigenvalue weighted by Crippen LogP contribution is 2.05. The molecule has 0 aliphatic rings. The Labute approximate surface area is 85.4 Å². The van der Waals surface area contributed by atoms with E-state index in [1.807, 2.05) is 12.2 Å². The van der Waals surface area contributed by atoms with Crippen molar-refractivity contribution in [3.8, 4) is 0 Å². The standard InChI is InChI=1S/C10H18O2S/c1-2-3-4-5-6-7-9(13)8-10(11)12/h6-7,9,13H,2-5,8H2,1H3,(H,11,12)/b7-6+.